The fourth-order valence-corrected chi connectivity index (χ4v) is 3.72. The number of nitrogens with two attached hydrogens (primary N) is 1. The lowest BCUT2D eigenvalue weighted by molar-refractivity contribution is -0.192. The standard InChI is InChI=1S/C27H25N3O2.C2HF3O2/c1-2-32-27(31)25-18-30(16-19-7-6-10-23(15-19)26(28)29)17-24(25)22-13-11-21(12-14-22)20-8-4-3-5-9-20;3-2(4,5)1(6)7/h3-15,17-18H,2,16H2,1H3,(H3,28,29);(H,6,7). The smallest absolute Gasteiger partial charge is 0.475 e. The second kappa shape index (κ2) is 12.6. The van der Waals surface area contributed by atoms with Crippen molar-refractivity contribution in [2.24, 2.45) is 5.73 Å². The van der Waals surface area contributed by atoms with Gasteiger partial charge in [-0.05, 0) is 35.2 Å². The van der Waals surface area contributed by atoms with Crippen molar-refractivity contribution >= 4 is 17.8 Å². The number of carboxylic acids is 1. The van der Waals surface area contributed by atoms with Crippen LogP contribution in [0.3, 0.4) is 0 Å². The molecule has 0 bridgehead atoms. The Morgan fingerprint density at radius 3 is 2.08 bits per heavy atom. The highest BCUT2D eigenvalue weighted by Gasteiger charge is 2.38. The van der Waals surface area contributed by atoms with Crippen LogP contribution in [-0.2, 0) is 16.1 Å². The minimum absolute atomic E-state index is 0.0331. The number of ether oxygens (including phenoxy) is 1. The van der Waals surface area contributed by atoms with Crippen LogP contribution in [0.25, 0.3) is 22.3 Å². The van der Waals surface area contributed by atoms with Crippen molar-refractivity contribution in [3.63, 3.8) is 0 Å². The zero-order valence-electron chi connectivity index (χ0n) is 20.9. The normalized spacial score (nSPS) is 10.8. The van der Waals surface area contributed by atoms with Crippen LogP contribution >= 0.6 is 0 Å². The number of alkyl halides is 3. The Balaban J connectivity index is 0.000000532. The molecule has 0 saturated heterocycles. The molecular weight excluding hydrogens is 511 g/mol. The van der Waals surface area contributed by atoms with Crippen molar-refractivity contribution in [3.8, 4) is 22.3 Å². The zero-order chi connectivity index (χ0) is 28.6. The van der Waals surface area contributed by atoms with Crippen LogP contribution in [0.15, 0.2) is 91.3 Å². The van der Waals surface area contributed by atoms with Gasteiger partial charge in [-0.3, -0.25) is 5.41 Å². The van der Waals surface area contributed by atoms with Gasteiger partial charge in [0.25, 0.3) is 0 Å². The number of hydrogen-bond acceptors (Lipinski definition) is 4. The number of amidine groups is 1. The first-order chi connectivity index (χ1) is 18.5. The molecule has 0 atom stereocenters. The Kier molecular flexibility index (Phi) is 9.27. The van der Waals surface area contributed by atoms with Crippen LogP contribution in [0.5, 0.6) is 0 Å². The number of carbonyl (C=O) groups is 2. The molecule has 39 heavy (non-hydrogen) atoms. The highest BCUT2D eigenvalue weighted by Crippen LogP contribution is 2.29. The molecule has 0 radical (unpaired) electrons. The van der Waals surface area contributed by atoms with Gasteiger partial charge < -0.3 is 20.1 Å². The van der Waals surface area contributed by atoms with Crippen LogP contribution in [0.4, 0.5) is 13.2 Å². The lowest BCUT2D eigenvalue weighted by Crippen LogP contribution is -2.21. The van der Waals surface area contributed by atoms with Gasteiger partial charge in [-0.1, -0.05) is 72.8 Å². The van der Waals surface area contributed by atoms with Crippen molar-refractivity contribution in [1.29, 1.82) is 5.41 Å². The fourth-order valence-electron chi connectivity index (χ4n) is 3.72. The van der Waals surface area contributed by atoms with Crippen molar-refractivity contribution in [1.82, 2.24) is 4.57 Å². The van der Waals surface area contributed by atoms with Crippen molar-refractivity contribution in [2.75, 3.05) is 6.61 Å². The van der Waals surface area contributed by atoms with E-state index in [1.807, 2.05) is 71.6 Å². The number of esters is 1. The summed E-state index contributed by atoms with van der Waals surface area (Å²) in [5.74, 6) is -3.07. The van der Waals surface area contributed by atoms with Crippen molar-refractivity contribution in [3.05, 3.63) is 108 Å². The summed E-state index contributed by atoms with van der Waals surface area (Å²) in [6.07, 6.45) is -1.30. The third-order valence-corrected chi connectivity index (χ3v) is 5.52. The van der Waals surface area contributed by atoms with Gasteiger partial charge in [-0.15, -0.1) is 0 Å². The van der Waals surface area contributed by atoms with Gasteiger partial charge in [-0.2, -0.15) is 13.2 Å². The van der Waals surface area contributed by atoms with E-state index >= 15 is 0 Å². The average molecular weight is 538 g/mol. The number of benzene rings is 3. The van der Waals surface area contributed by atoms with Crippen LogP contribution in [0, 0.1) is 5.41 Å². The molecule has 4 aromatic rings. The molecule has 0 fully saturated rings. The Hall–Kier alpha value is -4.86. The number of nitrogens with one attached hydrogen (secondary N) is 1. The number of aliphatic carboxylic acids is 1. The van der Waals surface area contributed by atoms with E-state index in [1.165, 1.54) is 0 Å². The Bertz CT molecular complexity index is 1450. The van der Waals surface area contributed by atoms with Gasteiger partial charge in [0.2, 0.25) is 0 Å². The fraction of sp³-hybridized carbons (Fsp3) is 0.138. The number of halogens is 3. The minimum atomic E-state index is -5.08. The molecule has 10 heteroatoms. The lowest BCUT2D eigenvalue weighted by Gasteiger charge is -2.06. The molecule has 0 aliphatic rings. The first kappa shape index (κ1) is 28.7. The van der Waals surface area contributed by atoms with Crippen LogP contribution in [0.2, 0.25) is 0 Å². The van der Waals surface area contributed by atoms with Crippen molar-refractivity contribution in [2.45, 2.75) is 19.6 Å². The van der Waals surface area contributed by atoms with E-state index in [2.05, 4.69) is 24.3 Å². The topological polar surface area (TPSA) is 118 Å². The Morgan fingerprint density at radius 2 is 1.51 bits per heavy atom. The third kappa shape index (κ3) is 7.81. The largest absolute Gasteiger partial charge is 0.490 e. The van der Waals surface area contributed by atoms with E-state index in [-0.39, 0.29) is 11.8 Å². The molecule has 1 aromatic heterocycles. The second-order valence-electron chi connectivity index (χ2n) is 8.34. The summed E-state index contributed by atoms with van der Waals surface area (Å²) in [5.41, 5.74) is 11.9. The molecule has 0 spiro atoms. The lowest BCUT2D eigenvalue weighted by atomic mass is 10.00. The maximum Gasteiger partial charge on any atom is 0.490 e. The summed E-state index contributed by atoms with van der Waals surface area (Å²) in [6, 6.07) is 25.9. The molecule has 4 rings (SSSR count). The number of nitrogen functional groups attached to an aromatic ring is 1. The molecule has 4 N–H and O–H groups in total. The van der Waals surface area contributed by atoms with E-state index in [0.717, 1.165) is 27.8 Å². The van der Waals surface area contributed by atoms with Gasteiger partial charge >= 0.3 is 18.1 Å². The number of hydrogen-bond donors (Lipinski definition) is 3. The molecule has 0 aliphatic carbocycles. The van der Waals surface area contributed by atoms with Crippen LogP contribution in [0.1, 0.15) is 28.4 Å². The maximum atomic E-state index is 12.7. The van der Waals surface area contributed by atoms with E-state index < -0.39 is 12.1 Å². The van der Waals surface area contributed by atoms with E-state index in [9.17, 15) is 18.0 Å². The summed E-state index contributed by atoms with van der Waals surface area (Å²) >= 11 is 0. The van der Waals surface area contributed by atoms with Gasteiger partial charge in [-0.25, -0.2) is 9.59 Å². The number of carboxylic acid groups (broad SMARTS) is 1. The number of carbonyl (C=O) groups excluding carboxylic acids is 1. The third-order valence-electron chi connectivity index (χ3n) is 5.52. The monoisotopic (exact) mass is 537 g/mol. The predicted molar refractivity (Wildman–Crippen MR) is 142 cm³/mol. The number of aromatic nitrogens is 1. The van der Waals surface area contributed by atoms with E-state index in [4.69, 9.17) is 25.8 Å². The zero-order valence-corrected chi connectivity index (χ0v) is 20.9. The average Bonchev–Trinajstić information content (AvgIpc) is 3.33. The first-order valence-electron chi connectivity index (χ1n) is 11.8. The highest BCUT2D eigenvalue weighted by atomic mass is 19.4. The maximum absolute atomic E-state index is 12.7. The van der Waals surface area contributed by atoms with E-state index in [0.29, 0.717) is 24.3 Å². The quantitative estimate of drug-likeness (QED) is 0.153. The molecule has 0 amide bonds. The Morgan fingerprint density at radius 1 is 0.923 bits per heavy atom. The molecule has 202 valence electrons. The summed E-state index contributed by atoms with van der Waals surface area (Å²) in [7, 11) is 0. The first-order valence-corrected chi connectivity index (χ1v) is 11.8. The number of nitrogens with zero attached hydrogens (tertiary/aromatic N) is 1. The molecule has 7 nitrogen and oxygen atoms in total. The highest BCUT2D eigenvalue weighted by molar-refractivity contribution is 5.97. The van der Waals surface area contributed by atoms with Crippen LogP contribution in [-0.4, -0.2) is 40.2 Å². The number of rotatable bonds is 7. The summed E-state index contributed by atoms with van der Waals surface area (Å²) in [5, 5.41) is 14.8. The van der Waals surface area contributed by atoms with Crippen molar-refractivity contribution < 1.29 is 32.6 Å². The minimum Gasteiger partial charge on any atom is -0.475 e. The molecule has 0 aliphatic heterocycles. The van der Waals surface area contributed by atoms with Gasteiger partial charge in [0, 0.05) is 30.1 Å². The van der Waals surface area contributed by atoms with Gasteiger partial charge in [0.1, 0.15) is 5.84 Å². The predicted octanol–water partition coefficient (Wildman–Crippen LogP) is 5.96. The SMILES string of the molecule is CCOC(=O)c1cn(Cc2cccc(C(=N)N)c2)cc1-c1ccc(-c2ccccc2)cc1.O=C(O)C(F)(F)F. The van der Waals surface area contributed by atoms with Gasteiger partial charge in [0.15, 0.2) is 0 Å². The summed E-state index contributed by atoms with van der Waals surface area (Å²) < 4.78 is 39.0. The summed E-state index contributed by atoms with van der Waals surface area (Å²) in [4.78, 5) is 21.6. The second-order valence-corrected chi connectivity index (χ2v) is 8.34. The van der Waals surface area contributed by atoms with E-state index in [1.54, 1.807) is 6.92 Å². The molecular formula is C29H26F3N3O4. The van der Waals surface area contributed by atoms with Gasteiger partial charge in [0.05, 0.1) is 12.2 Å². The molecule has 0 saturated carbocycles. The Labute approximate surface area is 222 Å². The van der Waals surface area contributed by atoms with Crippen LogP contribution < -0.4 is 5.73 Å². The molecule has 0 unspecified atom stereocenters. The molecule has 3 aromatic carbocycles. The molecule has 1 heterocycles. The summed E-state index contributed by atoms with van der Waals surface area (Å²) in [6.45, 7) is 2.67.